The largest absolute Gasteiger partial charge is 0.394 e. The molecule has 2 atom stereocenters. The molecular weight excluding hydrogens is 819 g/mol. The number of amides is 1. The van der Waals surface area contributed by atoms with Crippen molar-refractivity contribution in [2.24, 2.45) is 0 Å². The quantitative estimate of drug-likeness (QED) is 0.0421. The lowest BCUT2D eigenvalue weighted by Gasteiger charge is -2.22. The summed E-state index contributed by atoms with van der Waals surface area (Å²) in [6, 6.07) is -0.565. The maximum absolute atomic E-state index is 12.5. The molecule has 0 aliphatic carbocycles. The van der Waals surface area contributed by atoms with Crippen LogP contribution >= 0.6 is 0 Å². The Morgan fingerprint density at radius 3 is 0.970 bits per heavy atom. The van der Waals surface area contributed by atoms with Gasteiger partial charge in [-0.3, -0.25) is 4.79 Å². The van der Waals surface area contributed by atoms with Crippen LogP contribution in [0.2, 0.25) is 0 Å². The number of hydrogen-bond donors (Lipinski definition) is 3. The molecule has 0 fully saturated rings. The summed E-state index contributed by atoms with van der Waals surface area (Å²) in [4.78, 5) is 12.5. The number of hydrogen-bond acceptors (Lipinski definition) is 3. The zero-order chi connectivity index (χ0) is 48.5. The van der Waals surface area contributed by atoms with E-state index in [0.717, 1.165) is 109 Å². The van der Waals surface area contributed by atoms with Gasteiger partial charge in [-0.1, -0.05) is 270 Å². The lowest BCUT2D eigenvalue weighted by molar-refractivity contribution is -0.123. The van der Waals surface area contributed by atoms with Gasteiger partial charge < -0.3 is 15.5 Å². The van der Waals surface area contributed by atoms with Crippen LogP contribution in [0.15, 0.2) is 134 Å². The molecule has 0 bridgehead atoms. The topological polar surface area (TPSA) is 69.6 Å². The first-order chi connectivity index (χ1) is 33.2. The van der Waals surface area contributed by atoms with Crippen LogP contribution in [0.3, 0.4) is 0 Å². The van der Waals surface area contributed by atoms with Gasteiger partial charge in [0.05, 0.1) is 18.8 Å². The molecule has 0 saturated carbocycles. The number of rotatable bonds is 49. The fourth-order valence-electron chi connectivity index (χ4n) is 7.72. The van der Waals surface area contributed by atoms with Gasteiger partial charge in [0, 0.05) is 6.42 Å². The van der Waals surface area contributed by atoms with Crippen molar-refractivity contribution in [3.05, 3.63) is 134 Å². The second kappa shape index (κ2) is 56.9. The van der Waals surface area contributed by atoms with Crippen molar-refractivity contribution >= 4 is 5.91 Å². The molecule has 0 aliphatic rings. The summed E-state index contributed by atoms with van der Waals surface area (Å²) in [5, 5.41) is 23.3. The monoisotopic (exact) mass is 924 g/mol. The fraction of sp³-hybridized carbons (Fsp3) is 0.635. The van der Waals surface area contributed by atoms with Crippen molar-refractivity contribution in [3.8, 4) is 0 Å². The summed E-state index contributed by atoms with van der Waals surface area (Å²) in [5.41, 5.74) is 0. The highest BCUT2D eigenvalue weighted by Crippen LogP contribution is 2.16. The van der Waals surface area contributed by atoms with Crippen molar-refractivity contribution in [3.63, 3.8) is 0 Å². The lowest BCUT2D eigenvalue weighted by Crippen LogP contribution is -2.45. The number of carbonyl (C=O) groups is 1. The van der Waals surface area contributed by atoms with Crippen LogP contribution in [0, 0.1) is 0 Å². The zero-order valence-corrected chi connectivity index (χ0v) is 43.6. The molecule has 67 heavy (non-hydrogen) atoms. The van der Waals surface area contributed by atoms with Crippen LogP contribution in [0.4, 0.5) is 0 Å². The van der Waals surface area contributed by atoms with E-state index in [-0.39, 0.29) is 12.5 Å². The SMILES string of the molecule is CC/C=C\C/C=C\C/C=C\C/C=C\C/C=C\C/C=C\C/C=C\C/C=C\C/C=C\C/C=C\C/C=C\CCCCCC(=O)NC(CO)C(O)CCCCCCCCCCCCCCCCCCCC. The van der Waals surface area contributed by atoms with Gasteiger partial charge in [0.25, 0.3) is 0 Å². The van der Waals surface area contributed by atoms with Gasteiger partial charge in [-0.05, 0) is 96.3 Å². The van der Waals surface area contributed by atoms with Crippen LogP contribution in [-0.2, 0) is 4.79 Å². The maximum Gasteiger partial charge on any atom is 0.220 e. The van der Waals surface area contributed by atoms with Crippen LogP contribution in [-0.4, -0.2) is 34.9 Å². The molecule has 0 spiro atoms. The van der Waals surface area contributed by atoms with Gasteiger partial charge in [0.15, 0.2) is 0 Å². The molecule has 0 aromatic carbocycles. The molecule has 0 radical (unpaired) electrons. The van der Waals surface area contributed by atoms with Gasteiger partial charge in [-0.25, -0.2) is 0 Å². The molecule has 0 aliphatic heterocycles. The Kier molecular flexibility index (Phi) is 53.9. The van der Waals surface area contributed by atoms with Gasteiger partial charge in [-0.2, -0.15) is 0 Å². The second-order valence-corrected chi connectivity index (χ2v) is 18.3. The molecule has 380 valence electrons. The van der Waals surface area contributed by atoms with E-state index in [2.05, 4.69) is 153 Å². The van der Waals surface area contributed by atoms with Crippen molar-refractivity contribution in [2.75, 3.05) is 6.61 Å². The summed E-state index contributed by atoms with van der Waals surface area (Å²) < 4.78 is 0. The van der Waals surface area contributed by atoms with E-state index in [1.54, 1.807) is 0 Å². The number of aliphatic hydroxyl groups is 2. The lowest BCUT2D eigenvalue weighted by atomic mass is 10.0. The normalized spacial score (nSPS) is 13.9. The number of carbonyl (C=O) groups excluding carboxylic acids is 1. The predicted octanol–water partition coefficient (Wildman–Crippen LogP) is 18.6. The van der Waals surface area contributed by atoms with Crippen molar-refractivity contribution < 1.29 is 15.0 Å². The summed E-state index contributed by atoms with van der Waals surface area (Å²) in [7, 11) is 0. The third kappa shape index (κ3) is 53.4. The van der Waals surface area contributed by atoms with E-state index in [4.69, 9.17) is 0 Å². The number of aliphatic hydroxyl groups excluding tert-OH is 2. The van der Waals surface area contributed by atoms with Crippen LogP contribution in [0.25, 0.3) is 0 Å². The summed E-state index contributed by atoms with van der Waals surface area (Å²) in [6.07, 6.45) is 88.5. The minimum Gasteiger partial charge on any atom is -0.394 e. The van der Waals surface area contributed by atoms with Gasteiger partial charge in [0.2, 0.25) is 5.91 Å². The summed E-state index contributed by atoms with van der Waals surface area (Å²) in [5.74, 6) is -0.0674. The Hall–Kier alpha value is -3.47. The van der Waals surface area contributed by atoms with Gasteiger partial charge >= 0.3 is 0 Å². The Morgan fingerprint density at radius 1 is 0.373 bits per heavy atom. The average molecular weight is 925 g/mol. The molecule has 3 N–H and O–H groups in total. The Balaban J connectivity index is 3.68. The summed E-state index contributed by atoms with van der Waals surface area (Å²) in [6.45, 7) is 4.23. The number of unbranched alkanes of at least 4 members (excludes halogenated alkanes) is 20. The molecular formula is C63H105NO3. The fourth-order valence-corrected chi connectivity index (χ4v) is 7.72. The molecule has 0 aromatic rings. The number of nitrogens with one attached hydrogen (secondary N) is 1. The van der Waals surface area contributed by atoms with E-state index in [1.165, 1.54) is 103 Å². The Labute approximate surface area is 415 Å². The minimum atomic E-state index is -0.684. The predicted molar refractivity (Wildman–Crippen MR) is 299 cm³/mol. The molecule has 0 aromatic heterocycles. The minimum absolute atomic E-state index is 0.0674. The Bertz CT molecular complexity index is 1370. The standard InChI is InChI=1S/C63H105NO3/c1-3-5-7-9-11-13-15-17-19-21-23-24-25-26-27-28-29-30-31-32-33-34-35-36-37-38-39-40-41-43-45-47-49-51-53-55-57-59-63(67)64-61(60-65)62(66)58-56-54-52-50-48-46-44-42-22-20-18-16-14-12-10-8-6-4-2/h5,7,11,13,17,19,23-24,26-27,29-30,32-33,35-36,38-39,41,43,47,49,61-62,65-66H,3-4,6,8-10,12,14-16,18,20-22,25,28,31,34,37,40,42,44-46,48,50-60H2,1-2H3,(H,64,67)/b7-5-,13-11-,19-17-,24-23-,27-26-,30-29-,33-32-,36-35-,39-38-,43-41-,49-47-. The highest BCUT2D eigenvalue weighted by Gasteiger charge is 2.20. The van der Waals surface area contributed by atoms with Crippen LogP contribution < -0.4 is 5.32 Å². The smallest absolute Gasteiger partial charge is 0.220 e. The van der Waals surface area contributed by atoms with Crippen molar-refractivity contribution in [2.45, 2.75) is 251 Å². The maximum atomic E-state index is 12.5. The molecule has 0 saturated heterocycles. The zero-order valence-electron chi connectivity index (χ0n) is 43.6. The summed E-state index contributed by atoms with van der Waals surface area (Å²) >= 11 is 0. The first-order valence-electron chi connectivity index (χ1n) is 27.9. The van der Waals surface area contributed by atoms with E-state index in [9.17, 15) is 15.0 Å². The number of allylic oxidation sites excluding steroid dienone is 22. The second-order valence-electron chi connectivity index (χ2n) is 18.3. The van der Waals surface area contributed by atoms with E-state index in [0.29, 0.717) is 12.8 Å². The van der Waals surface area contributed by atoms with Crippen molar-refractivity contribution in [1.82, 2.24) is 5.32 Å². The van der Waals surface area contributed by atoms with E-state index >= 15 is 0 Å². The van der Waals surface area contributed by atoms with Gasteiger partial charge in [-0.15, -0.1) is 0 Å². The highest BCUT2D eigenvalue weighted by molar-refractivity contribution is 5.76. The molecule has 0 rings (SSSR count). The third-order valence-corrected chi connectivity index (χ3v) is 11.9. The first kappa shape index (κ1) is 63.5. The molecule has 2 unspecified atom stereocenters. The van der Waals surface area contributed by atoms with Crippen molar-refractivity contribution in [1.29, 1.82) is 0 Å². The first-order valence-corrected chi connectivity index (χ1v) is 27.9. The van der Waals surface area contributed by atoms with E-state index < -0.39 is 12.1 Å². The molecule has 1 amide bonds. The van der Waals surface area contributed by atoms with Gasteiger partial charge in [0.1, 0.15) is 0 Å². The Morgan fingerprint density at radius 2 is 0.657 bits per heavy atom. The van der Waals surface area contributed by atoms with E-state index in [1.807, 2.05) is 0 Å². The molecule has 4 heteroatoms. The third-order valence-electron chi connectivity index (χ3n) is 11.9. The highest BCUT2D eigenvalue weighted by atomic mass is 16.3. The molecule has 4 nitrogen and oxygen atoms in total. The van der Waals surface area contributed by atoms with Crippen LogP contribution in [0.1, 0.15) is 239 Å². The van der Waals surface area contributed by atoms with Crippen LogP contribution in [0.5, 0.6) is 0 Å². The average Bonchev–Trinajstić information content (AvgIpc) is 3.33. The molecule has 0 heterocycles.